The molecule has 1 aromatic carbocycles. The van der Waals surface area contributed by atoms with Crippen molar-refractivity contribution < 1.29 is 14.7 Å². The standard InChI is InChI=1S/C15H20N2O3/c16-13(9-11-5-2-1-3-6-11)14(18)17-8-4-7-12(10-17)15(19)20/h1-3,5-6,12-13H,4,7-10,16H2,(H,19,20). The second kappa shape index (κ2) is 6.52. The number of carbonyl (C=O) groups is 2. The van der Waals surface area contributed by atoms with Crippen LogP contribution in [0.3, 0.4) is 0 Å². The molecule has 1 saturated heterocycles. The van der Waals surface area contributed by atoms with E-state index in [0.29, 0.717) is 19.4 Å². The molecule has 1 fully saturated rings. The van der Waals surface area contributed by atoms with E-state index in [0.717, 1.165) is 12.0 Å². The first-order chi connectivity index (χ1) is 9.58. The third-order valence-corrected chi connectivity index (χ3v) is 3.70. The monoisotopic (exact) mass is 276 g/mol. The van der Waals surface area contributed by atoms with Crippen molar-refractivity contribution in [3.8, 4) is 0 Å². The van der Waals surface area contributed by atoms with Gasteiger partial charge < -0.3 is 15.7 Å². The van der Waals surface area contributed by atoms with Crippen LogP contribution in [0.1, 0.15) is 18.4 Å². The largest absolute Gasteiger partial charge is 0.481 e. The molecule has 5 nitrogen and oxygen atoms in total. The predicted octanol–water partition coefficient (Wildman–Crippen LogP) is 0.880. The van der Waals surface area contributed by atoms with E-state index in [4.69, 9.17) is 10.8 Å². The molecular weight excluding hydrogens is 256 g/mol. The van der Waals surface area contributed by atoms with Gasteiger partial charge in [0.25, 0.3) is 0 Å². The number of aliphatic carboxylic acids is 1. The van der Waals surface area contributed by atoms with Crippen LogP contribution in [0.5, 0.6) is 0 Å². The highest BCUT2D eigenvalue weighted by atomic mass is 16.4. The highest BCUT2D eigenvalue weighted by molar-refractivity contribution is 5.83. The van der Waals surface area contributed by atoms with Crippen molar-refractivity contribution in [3.05, 3.63) is 35.9 Å². The molecule has 20 heavy (non-hydrogen) atoms. The molecule has 5 heteroatoms. The van der Waals surface area contributed by atoms with Crippen molar-refractivity contribution in [1.29, 1.82) is 0 Å². The molecule has 1 amide bonds. The van der Waals surface area contributed by atoms with Gasteiger partial charge in [-0.1, -0.05) is 30.3 Å². The molecule has 0 aliphatic carbocycles. The van der Waals surface area contributed by atoms with Gasteiger partial charge in [0, 0.05) is 13.1 Å². The maximum absolute atomic E-state index is 12.3. The smallest absolute Gasteiger partial charge is 0.308 e. The summed E-state index contributed by atoms with van der Waals surface area (Å²) in [5.41, 5.74) is 6.98. The molecule has 1 heterocycles. The lowest BCUT2D eigenvalue weighted by molar-refractivity contribution is -0.146. The number of piperidine rings is 1. The Labute approximate surface area is 118 Å². The zero-order chi connectivity index (χ0) is 14.5. The van der Waals surface area contributed by atoms with E-state index in [1.807, 2.05) is 30.3 Å². The van der Waals surface area contributed by atoms with E-state index in [-0.39, 0.29) is 12.5 Å². The van der Waals surface area contributed by atoms with Crippen molar-refractivity contribution >= 4 is 11.9 Å². The summed E-state index contributed by atoms with van der Waals surface area (Å²) in [4.78, 5) is 24.9. The fourth-order valence-electron chi connectivity index (χ4n) is 2.57. The van der Waals surface area contributed by atoms with E-state index in [1.54, 1.807) is 4.90 Å². The molecule has 1 aromatic rings. The van der Waals surface area contributed by atoms with Crippen LogP contribution in [-0.2, 0) is 16.0 Å². The number of hydrogen-bond acceptors (Lipinski definition) is 3. The third kappa shape index (κ3) is 3.57. The zero-order valence-corrected chi connectivity index (χ0v) is 11.4. The van der Waals surface area contributed by atoms with E-state index < -0.39 is 17.9 Å². The van der Waals surface area contributed by atoms with Crippen molar-refractivity contribution in [3.63, 3.8) is 0 Å². The number of carbonyl (C=O) groups excluding carboxylic acids is 1. The summed E-state index contributed by atoms with van der Waals surface area (Å²) in [5, 5.41) is 9.04. The first kappa shape index (κ1) is 14.5. The molecule has 3 N–H and O–H groups in total. The van der Waals surface area contributed by atoms with Gasteiger partial charge in [0.2, 0.25) is 5.91 Å². The predicted molar refractivity (Wildman–Crippen MR) is 75.1 cm³/mol. The van der Waals surface area contributed by atoms with Crippen molar-refractivity contribution in [2.24, 2.45) is 11.7 Å². The number of carboxylic acid groups (broad SMARTS) is 1. The first-order valence-electron chi connectivity index (χ1n) is 6.89. The van der Waals surface area contributed by atoms with Crippen LogP contribution >= 0.6 is 0 Å². The summed E-state index contributed by atoms with van der Waals surface area (Å²) in [6.45, 7) is 0.877. The first-order valence-corrected chi connectivity index (χ1v) is 6.89. The molecule has 0 saturated carbocycles. The third-order valence-electron chi connectivity index (χ3n) is 3.70. The molecule has 2 atom stereocenters. The van der Waals surface area contributed by atoms with Gasteiger partial charge in [-0.3, -0.25) is 9.59 Å². The Bertz CT molecular complexity index is 475. The van der Waals surface area contributed by atoms with Crippen LogP contribution in [0.25, 0.3) is 0 Å². The van der Waals surface area contributed by atoms with E-state index in [2.05, 4.69) is 0 Å². The van der Waals surface area contributed by atoms with Crippen molar-refractivity contribution in [2.45, 2.75) is 25.3 Å². The minimum absolute atomic E-state index is 0.153. The summed E-state index contributed by atoms with van der Waals surface area (Å²) in [5.74, 6) is -1.45. The van der Waals surface area contributed by atoms with Crippen LogP contribution < -0.4 is 5.73 Å². The molecule has 0 aromatic heterocycles. The Balaban J connectivity index is 1.94. The van der Waals surface area contributed by atoms with Gasteiger partial charge in [-0.2, -0.15) is 0 Å². The van der Waals surface area contributed by atoms with Gasteiger partial charge in [0.15, 0.2) is 0 Å². The Kier molecular flexibility index (Phi) is 4.74. The second-order valence-corrected chi connectivity index (χ2v) is 5.26. The number of hydrogen-bond donors (Lipinski definition) is 2. The number of nitrogens with zero attached hydrogens (tertiary/aromatic N) is 1. The number of rotatable bonds is 4. The Morgan fingerprint density at radius 1 is 1.35 bits per heavy atom. The SMILES string of the molecule is NC(Cc1ccccc1)C(=O)N1CCCC(C(=O)O)C1. The molecule has 2 rings (SSSR count). The van der Waals surface area contributed by atoms with Gasteiger partial charge in [-0.25, -0.2) is 0 Å². The van der Waals surface area contributed by atoms with Crippen molar-refractivity contribution in [1.82, 2.24) is 4.90 Å². The second-order valence-electron chi connectivity index (χ2n) is 5.26. The van der Waals surface area contributed by atoms with E-state index in [9.17, 15) is 9.59 Å². The molecule has 0 spiro atoms. The van der Waals surface area contributed by atoms with Crippen LogP contribution in [0, 0.1) is 5.92 Å². The quantitative estimate of drug-likeness (QED) is 0.855. The summed E-state index contributed by atoms with van der Waals surface area (Å²) >= 11 is 0. The fraction of sp³-hybridized carbons (Fsp3) is 0.467. The molecule has 2 unspecified atom stereocenters. The summed E-state index contributed by atoms with van der Waals surface area (Å²) in [6, 6.07) is 9.00. The van der Waals surface area contributed by atoms with E-state index >= 15 is 0 Å². The molecule has 0 radical (unpaired) electrons. The average Bonchev–Trinajstić information content (AvgIpc) is 2.47. The maximum Gasteiger partial charge on any atom is 0.308 e. The lowest BCUT2D eigenvalue weighted by Crippen LogP contribution is -2.49. The van der Waals surface area contributed by atoms with Gasteiger partial charge in [-0.15, -0.1) is 0 Å². The van der Waals surface area contributed by atoms with Crippen LogP contribution in [0.15, 0.2) is 30.3 Å². The van der Waals surface area contributed by atoms with Crippen LogP contribution in [0.2, 0.25) is 0 Å². The van der Waals surface area contributed by atoms with Gasteiger partial charge in [0.1, 0.15) is 0 Å². The normalized spacial score (nSPS) is 20.4. The van der Waals surface area contributed by atoms with Crippen molar-refractivity contribution in [2.75, 3.05) is 13.1 Å². The average molecular weight is 276 g/mol. The highest BCUT2D eigenvalue weighted by Crippen LogP contribution is 2.17. The lowest BCUT2D eigenvalue weighted by atomic mass is 9.97. The Morgan fingerprint density at radius 3 is 2.70 bits per heavy atom. The van der Waals surface area contributed by atoms with E-state index in [1.165, 1.54) is 0 Å². The van der Waals surface area contributed by atoms with Gasteiger partial charge in [0.05, 0.1) is 12.0 Å². The zero-order valence-electron chi connectivity index (χ0n) is 11.4. The highest BCUT2D eigenvalue weighted by Gasteiger charge is 2.30. The Morgan fingerprint density at radius 2 is 2.05 bits per heavy atom. The number of benzene rings is 1. The fourth-order valence-corrected chi connectivity index (χ4v) is 2.57. The lowest BCUT2D eigenvalue weighted by Gasteiger charge is -2.32. The maximum atomic E-state index is 12.3. The van der Waals surface area contributed by atoms with Crippen LogP contribution in [0.4, 0.5) is 0 Å². The number of likely N-dealkylation sites (tertiary alicyclic amines) is 1. The molecule has 1 aliphatic rings. The number of amides is 1. The molecular formula is C15H20N2O3. The summed E-state index contributed by atoms with van der Waals surface area (Å²) in [7, 11) is 0. The van der Waals surface area contributed by atoms with Crippen LogP contribution in [-0.4, -0.2) is 41.0 Å². The van der Waals surface area contributed by atoms with Gasteiger partial charge in [-0.05, 0) is 24.8 Å². The van der Waals surface area contributed by atoms with Gasteiger partial charge >= 0.3 is 5.97 Å². The molecule has 108 valence electrons. The Hall–Kier alpha value is -1.88. The molecule has 1 aliphatic heterocycles. The number of nitrogens with two attached hydrogens (primary N) is 1. The minimum Gasteiger partial charge on any atom is -0.481 e. The summed E-state index contributed by atoms with van der Waals surface area (Å²) in [6.07, 6.45) is 1.84. The molecule has 0 bridgehead atoms. The number of carboxylic acids is 1. The topological polar surface area (TPSA) is 83.6 Å². The minimum atomic E-state index is -0.834. The summed E-state index contributed by atoms with van der Waals surface area (Å²) < 4.78 is 0.